The highest BCUT2D eigenvalue weighted by Crippen LogP contribution is 2.05. The minimum Gasteiger partial charge on any atom is -0.480 e. The number of halogens is 1. The number of aliphatic carboxylic acids is 1. The molecule has 1 amide bonds. The zero-order valence-electron chi connectivity index (χ0n) is 12.7. The second kappa shape index (κ2) is 11.4. The molecule has 1 aromatic carbocycles. The number of nitrogens with two attached hydrogens (primary N) is 1. The summed E-state index contributed by atoms with van der Waals surface area (Å²) in [5, 5.41) is 11.2. The van der Waals surface area contributed by atoms with E-state index < -0.39 is 18.1 Å². The van der Waals surface area contributed by atoms with Crippen molar-refractivity contribution < 1.29 is 19.4 Å². The summed E-state index contributed by atoms with van der Waals surface area (Å²) in [5.41, 5.74) is 6.99. The Morgan fingerprint density at radius 2 is 1.96 bits per heavy atom. The number of unbranched alkanes of at least 4 members (excludes halogenated alkanes) is 1. The molecular weight excluding hydrogens is 320 g/mol. The summed E-state index contributed by atoms with van der Waals surface area (Å²) in [5.74, 6) is 1.50. The lowest BCUT2D eigenvalue weighted by Crippen LogP contribution is -2.30. The number of carbonyl (C=O) groups is 2. The fourth-order valence-corrected chi connectivity index (χ4v) is 1.70. The topological polar surface area (TPSA) is 102 Å². The van der Waals surface area contributed by atoms with Crippen molar-refractivity contribution >= 4 is 24.5 Å². The van der Waals surface area contributed by atoms with Crippen LogP contribution < -0.4 is 11.1 Å². The second-order valence-corrected chi connectivity index (χ2v) is 4.78. The third-order valence-corrected chi connectivity index (χ3v) is 3.02. The third kappa shape index (κ3) is 8.71. The van der Waals surface area contributed by atoms with Crippen molar-refractivity contribution in [3.05, 3.63) is 35.4 Å². The third-order valence-electron chi connectivity index (χ3n) is 3.02. The van der Waals surface area contributed by atoms with Gasteiger partial charge in [-0.3, -0.25) is 4.79 Å². The number of nitrogens with one attached hydrogen (secondary N) is 1. The van der Waals surface area contributed by atoms with Crippen molar-refractivity contribution in [1.82, 2.24) is 5.32 Å². The number of carbonyl (C=O) groups excluding carboxylic acids is 1. The standard InChI is InChI=1S/C16H20N2O4.ClH/c1-2-12-6-8-13(9-7-12)11-22-16(21)18-10-4-3-5-14(17)15(19)20;/h1,6-9,14H,3-5,10-11,17H2,(H,18,21)(H,19,20);1H/t14-;/m0./s1. The minimum absolute atomic E-state index is 0. The highest BCUT2D eigenvalue weighted by atomic mass is 35.5. The quantitative estimate of drug-likeness (QED) is 0.495. The van der Waals surface area contributed by atoms with Crippen LogP contribution in [-0.2, 0) is 16.1 Å². The Balaban J connectivity index is 0.00000484. The van der Waals surface area contributed by atoms with E-state index >= 15 is 0 Å². The molecule has 23 heavy (non-hydrogen) atoms. The van der Waals surface area contributed by atoms with Crippen LogP contribution in [-0.4, -0.2) is 29.8 Å². The Hall–Kier alpha value is -2.23. The van der Waals surface area contributed by atoms with Gasteiger partial charge in [-0.1, -0.05) is 18.1 Å². The van der Waals surface area contributed by atoms with Crippen molar-refractivity contribution in [2.24, 2.45) is 5.73 Å². The number of ether oxygens (including phenoxy) is 1. The number of amides is 1. The fraction of sp³-hybridized carbons (Fsp3) is 0.375. The molecule has 7 heteroatoms. The molecule has 0 aliphatic heterocycles. The normalized spacial score (nSPS) is 10.8. The van der Waals surface area contributed by atoms with Gasteiger partial charge in [0.05, 0.1) is 0 Å². The monoisotopic (exact) mass is 340 g/mol. The maximum atomic E-state index is 11.5. The summed E-state index contributed by atoms with van der Waals surface area (Å²) in [7, 11) is 0. The zero-order valence-corrected chi connectivity index (χ0v) is 13.5. The predicted octanol–water partition coefficient (Wildman–Crippen LogP) is 1.90. The van der Waals surface area contributed by atoms with E-state index in [0.29, 0.717) is 25.8 Å². The summed E-state index contributed by atoms with van der Waals surface area (Å²) in [4.78, 5) is 22.0. The average molecular weight is 341 g/mol. The van der Waals surface area contributed by atoms with E-state index in [-0.39, 0.29) is 19.0 Å². The molecule has 0 bridgehead atoms. The first-order valence-corrected chi connectivity index (χ1v) is 6.97. The van der Waals surface area contributed by atoms with E-state index in [1.54, 1.807) is 24.3 Å². The van der Waals surface area contributed by atoms with Gasteiger partial charge in [0.15, 0.2) is 0 Å². The zero-order chi connectivity index (χ0) is 16.4. The molecule has 0 heterocycles. The number of carboxylic acids is 1. The van der Waals surface area contributed by atoms with Crippen LogP contribution in [0, 0.1) is 12.3 Å². The summed E-state index contributed by atoms with van der Waals surface area (Å²) < 4.78 is 5.05. The van der Waals surface area contributed by atoms with Crippen LogP contribution in [0.3, 0.4) is 0 Å². The fourth-order valence-electron chi connectivity index (χ4n) is 1.70. The number of hydrogen-bond acceptors (Lipinski definition) is 4. The van der Waals surface area contributed by atoms with Crippen LogP contribution >= 0.6 is 12.4 Å². The highest BCUT2D eigenvalue weighted by Gasteiger charge is 2.10. The molecule has 0 radical (unpaired) electrons. The van der Waals surface area contributed by atoms with E-state index in [4.69, 9.17) is 22.0 Å². The van der Waals surface area contributed by atoms with Gasteiger partial charge >= 0.3 is 12.1 Å². The van der Waals surface area contributed by atoms with Gasteiger partial charge in [-0.2, -0.15) is 0 Å². The van der Waals surface area contributed by atoms with E-state index in [1.165, 1.54) is 0 Å². The predicted molar refractivity (Wildman–Crippen MR) is 89.3 cm³/mol. The van der Waals surface area contributed by atoms with Gasteiger partial charge in [0.1, 0.15) is 12.6 Å². The van der Waals surface area contributed by atoms with Gasteiger partial charge < -0.3 is 20.9 Å². The number of terminal acetylenes is 1. The van der Waals surface area contributed by atoms with Gasteiger partial charge in [0, 0.05) is 12.1 Å². The van der Waals surface area contributed by atoms with Crippen molar-refractivity contribution in [2.75, 3.05) is 6.54 Å². The Kier molecular flexibility index (Phi) is 10.3. The van der Waals surface area contributed by atoms with Crippen molar-refractivity contribution in [1.29, 1.82) is 0 Å². The van der Waals surface area contributed by atoms with E-state index in [2.05, 4.69) is 11.2 Å². The van der Waals surface area contributed by atoms with E-state index in [9.17, 15) is 9.59 Å². The molecule has 1 atom stereocenters. The Morgan fingerprint density at radius 1 is 1.30 bits per heavy atom. The summed E-state index contributed by atoms with van der Waals surface area (Å²) in [6.45, 7) is 0.585. The molecule has 126 valence electrons. The van der Waals surface area contributed by atoms with Gasteiger partial charge in [0.2, 0.25) is 0 Å². The molecule has 0 spiro atoms. The molecule has 6 nitrogen and oxygen atoms in total. The first-order valence-electron chi connectivity index (χ1n) is 6.97. The van der Waals surface area contributed by atoms with Crippen LogP contribution in [0.5, 0.6) is 0 Å². The molecule has 1 aromatic rings. The van der Waals surface area contributed by atoms with Gasteiger partial charge in [0.25, 0.3) is 0 Å². The van der Waals surface area contributed by atoms with E-state index in [1.807, 2.05) is 0 Å². The minimum atomic E-state index is -1.01. The first-order chi connectivity index (χ1) is 10.5. The second-order valence-electron chi connectivity index (χ2n) is 4.78. The Morgan fingerprint density at radius 3 is 2.52 bits per heavy atom. The smallest absolute Gasteiger partial charge is 0.407 e. The van der Waals surface area contributed by atoms with Gasteiger partial charge in [-0.25, -0.2) is 4.79 Å². The Labute approximate surface area is 141 Å². The van der Waals surface area contributed by atoms with Crippen LogP contribution in [0.15, 0.2) is 24.3 Å². The summed E-state index contributed by atoms with van der Waals surface area (Å²) in [6, 6.07) is 6.31. The number of carboxylic acid groups (broad SMARTS) is 1. The lowest BCUT2D eigenvalue weighted by atomic mass is 10.1. The summed E-state index contributed by atoms with van der Waals surface area (Å²) in [6.07, 6.45) is 6.39. The maximum absolute atomic E-state index is 11.5. The lowest BCUT2D eigenvalue weighted by molar-refractivity contribution is -0.138. The SMILES string of the molecule is C#Cc1ccc(COC(=O)NCCCC[C@H](N)C(=O)O)cc1.Cl. The van der Waals surface area contributed by atoms with Gasteiger partial charge in [-0.15, -0.1) is 18.8 Å². The van der Waals surface area contributed by atoms with Crippen molar-refractivity contribution in [3.8, 4) is 12.3 Å². The number of hydrogen-bond donors (Lipinski definition) is 3. The molecule has 4 N–H and O–H groups in total. The molecule has 1 rings (SSSR count). The maximum Gasteiger partial charge on any atom is 0.407 e. The molecule has 0 saturated heterocycles. The summed E-state index contributed by atoms with van der Waals surface area (Å²) >= 11 is 0. The first kappa shape index (κ1) is 20.8. The van der Waals surface area contributed by atoms with Crippen LogP contribution in [0.1, 0.15) is 30.4 Å². The molecular formula is C16H21ClN2O4. The van der Waals surface area contributed by atoms with Crippen LogP contribution in [0.2, 0.25) is 0 Å². The molecule has 0 aliphatic carbocycles. The van der Waals surface area contributed by atoms with E-state index in [0.717, 1.165) is 11.1 Å². The van der Waals surface area contributed by atoms with Crippen molar-refractivity contribution in [3.63, 3.8) is 0 Å². The lowest BCUT2D eigenvalue weighted by Gasteiger charge is -2.08. The molecule has 0 unspecified atom stereocenters. The average Bonchev–Trinajstić information content (AvgIpc) is 2.52. The van der Waals surface area contributed by atoms with Crippen LogP contribution in [0.25, 0.3) is 0 Å². The number of benzene rings is 1. The molecule has 0 aromatic heterocycles. The van der Waals surface area contributed by atoms with Gasteiger partial charge in [-0.05, 0) is 37.0 Å². The number of rotatable bonds is 8. The van der Waals surface area contributed by atoms with Crippen LogP contribution in [0.4, 0.5) is 4.79 Å². The molecule has 0 fully saturated rings. The highest BCUT2D eigenvalue weighted by molar-refractivity contribution is 5.85. The van der Waals surface area contributed by atoms with Crippen molar-refractivity contribution in [2.45, 2.75) is 31.9 Å². The molecule has 0 saturated carbocycles. The largest absolute Gasteiger partial charge is 0.480 e. The number of alkyl carbamates (subject to hydrolysis) is 1. The Bertz CT molecular complexity index is 540. The molecule has 0 aliphatic rings.